The van der Waals surface area contributed by atoms with Crippen LogP contribution in [0.4, 0.5) is 22.7 Å². The van der Waals surface area contributed by atoms with Crippen molar-refractivity contribution in [1.82, 2.24) is 0 Å². The second-order valence-corrected chi connectivity index (χ2v) is 8.43. The number of rotatable bonds is 4. The molecule has 2 aromatic carbocycles. The Bertz CT molecular complexity index is 1040. The highest BCUT2D eigenvalue weighted by Gasteiger charge is 2.38. The first kappa shape index (κ1) is 20.8. The molecule has 0 aliphatic carbocycles. The van der Waals surface area contributed by atoms with Gasteiger partial charge in [0.2, 0.25) is 11.8 Å². The number of amides is 2. The standard InChI is InChI=1S/C23H26N4O4/c1-15-4-6-18(7-5-15)25-11-10-24(14-17(25)3)20-9-8-19(13-21(20)27(30)31)26-22(28)12-16(2)23(26)29/h4-9,13,16-17H,10-12,14H2,1-3H3/t16-,17-/m1/s1. The van der Waals surface area contributed by atoms with Gasteiger partial charge in [0.15, 0.2) is 0 Å². The minimum Gasteiger partial charge on any atom is -0.365 e. The molecule has 4 rings (SSSR count). The molecule has 0 bridgehead atoms. The number of hydrogen-bond acceptors (Lipinski definition) is 6. The molecule has 0 radical (unpaired) electrons. The molecular formula is C23H26N4O4. The van der Waals surface area contributed by atoms with E-state index in [1.807, 2.05) is 4.90 Å². The zero-order valence-corrected chi connectivity index (χ0v) is 17.9. The number of carbonyl (C=O) groups excluding carboxylic acids is 2. The lowest BCUT2D eigenvalue weighted by atomic mass is 10.1. The summed E-state index contributed by atoms with van der Waals surface area (Å²) < 4.78 is 0. The third-order valence-electron chi connectivity index (χ3n) is 6.12. The van der Waals surface area contributed by atoms with Crippen LogP contribution in [0.2, 0.25) is 0 Å². The van der Waals surface area contributed by atoms with Crippen LogP contribution in [0.15, 0.2) is 42.5 Å². The molecule has 8 heteroatoms. The monoisotopic (exact) mass is 422 g/mol. The number of benzene rings is 2. The van der Waals surface area contributed by atoms with E-state index in [0.29, 0.717) is 18.8 Å². The van der Waals surface area contributed by atoms with Gasteiger partial charge in [-0.15, -0.1) is 0 Å². The molecule has 31 heavy (non-hydrogen) atoms. The lowest BCUT2D eigenvalue weighted by Gasteiger charge is -2.42. The number of nitro groups is 1. The Morgan fingerprint density at radius 1 is 1.00 bits per heavy atom. The van der Waals surface area contributed by atoms with Gasteiger partial charge in [-0.2, -0.15) is 0 Å². The molecule has 2 aliphatic rings. The highest BCUT2D eigenvalue weighted by Crippen LogP contribution is 2.36. The summed E-state index contributed by atoms with van der Waals surface area (Å²) in [5, 5.41) is 11.8. The van der Waals surface area contributed by atoms with Gasteiger partial charge in [0.05, 0.1) is 10.6 Å². The fourth-order valence-electron chi connectivity index (χ4n) is 4.42. The minimum absolute atomic E-state index is 0.0892. The van der Waals surface area contributed by atoms with Gasteiger partial charge in [-0.3, -0.25) is 24.6 Å². The van der Waals surface area contributed by atoms with Crippen LogP contribution in [0.5, 0.6) is 0 Å². The summed E-state index contributed by atoms with van der Waals surface area (Å²) in [7, 11) is 0. The number of carbonyl (C=O) groups is 2. The van der Waals surface area contributed by atoms with Crippen molar-refractivity contribution in [2.24, 2.45) is 5.92 Å². The van der Waals surface area contributed by atoms with E-state index in [1.54, 1.807) is 19.1 Å². The van der Waals surface area contributed by atoms with Crippen LogP contribution in [0.1, 0.15) is 25.8 Å². The van der Waals surface area contributed by atoms with E-state index < -0.39 is 10.8 Å². The summed E-state index contributed by atoms with van der Waals surface area (Å²) in [5.41, 5.74) is 3.03. The Morgan fingerprint density at radius 2 is 1.68 bits per heavy atom. The molecule has 0 spiro atoms. The molecule has 162 valence electrons. The van der Waals surface area contributed by atoms with Gasteiger partial charge < -0.3 is 9.80 Å². The topological polar surface area (TPSA) is 87.0 Å². The highest BCUT2D eigenvalue weighted by molar-refractivity contribution is 6.21. The van der Waals surface area contributed by atoms with Crippen LogP contribution in [-0.4, -0.2) is 42.4 Å². The molecule has 2 aromatic rings. The normalized spacial score (nSPS) is 21.7. The van der Waals surface area contributed by atoms with Crippen molar-refractivity contribution in [2.45, 2.75) is 33.2 Å². The Kier molecular flexibility index (Phi) is 5.39. The third kappa shape index (κ3) is 3.85. The second-order valence-electron chi connectivity index (χ2n) is 8.43. The second kappa shape index (κ2) is 8.02. The van der Waals surface area contributed by atoms with Crippen LogP contribution >= 0.6 is 0 Å². The molecule has 0 N–H and O–H groups in total. The zero-order valence-electron chi connectivity index (χ0n) is 17.9. The summed E-state index contributed by atoms with van der Waals surface area (Å²) in [6.45, 7) is 7.86. The smallest absolute Gasteiger partial charge is 0.294 e. The quantitative estimate of drug-likeness (QED) is 0.426. The molecular weight excluding hydrogens is 396 g/mol. The molecule has 0 unspecified atom stereocenters. The van der Waals surface area contributed by atoms with Gasteiger partial charge in [0.25, 0.3) is 5.69 Å². The predicted molar refractivity (Wildman–Crippen MR) is 120 cm³/mol. The van der Waals surface area contributed by atoms with Crippen molar-refractivity contribution in [1.29, 1.82) is 0 Å². The summed E-state index contributed by atoms with van der Waals surface area (Å²) in [4.78, 5) is 41.3. The van der Waals surface area contributed by atoms with Crippen molar-refractivity contribution < 1.29 is 14.5 Å². The maximum atomic E-state index is 12.3. The van der Waals surface area contributed by atoms with Crippen LogP contribution in [-0.2, 0) is 9.59 Å². The fourth-order valence-corrected chi connectivity index (χ4v) is 4.42. The number of hydrogen-bond donors (Lipinski definition) is 0. The van der Waals surface area contributed by atoms with Gasteiger partial charge >= 0.3 is 0 Å². The number of nitrogens with zero attached hydrogens (tertiary/aromatic N) is 4. The van der Waals surface area contributed by atoms with E-state index in [-0.39, 0.29) is 35.7 Å². The first-order valence-corrected chi connectivity index (χ1v) is 10.5. The summed E-state index contributed by atoms with van der Waals surface area (Å²) in [5.74, 6) is -1.03. The van der Waals surface area contributed by atoms with Crippen LogP contribution in [0.25, 0.3) is 0 Å². The summed E-state index contributed by atoms with van der Waals surface area (Å²) in [6.07, 6.45) is 0.132. The van der Waals surface area contributed by atoms with Crippen molar-refractivity contribution in [3.63, 3.8) is 0 Å². The van der Waals surface area contributed by atoms with E-state index in [4.69, 9.17) is 0 Å². The molecule has 0 aromatic heterocycles. The van der Waals surface area contributed by atoms with Crippen molar-refractivity contribution >= 4 is 34.6 Å². The average molecular weight is 422 g/mol. The van der Waals surface area contributed by atoms with E-state index in [9.17, 15) is 19.7 Å². The third-order valence-corrected chi connectivity index (χ3v) is 6.12. The van der Waals surface area contributed by atoms with Crippen molar-refractivity contribution in [3.8, 4) is 0 Å². The number of aryl methyl sites for hydroxylation is 1. The fraction of sp³-hybridized carbons (Fsp3) is 0.391. The first-order valence-electron chi connectivity index (χ1n) is 10.5. The van der Waals surface area contributed by atoms with E-state index in [0.717, 1.165) is 17.1 Å². The van der Waals surface area contributed by atoms with Gasteiger partial charge in [0.1, 0.15) is 5.69 Å². The highest BCUT2D eigenvalue weighted by atomic mass is 16.6. The summed E-state index contributed by atoms with van der Waals surface area (Å²) in [6, 6.07) is 13.2. The largest absolute Gasteiger partial charge is 0.365 e. The van der Waals surface area contributed by atoms with Crippen LogP contribution < -0.4 is 14.7 Å². The Morgan fingerprint density at radius 3 is 2.26 bits per heavy atom. The molecule has 2 aliphatic heterocycles. The van der Waals surface area contributed by atoms with Gasteiger partial charge in [0, 0.05) is 49.8 Å². The summed E-state index contributed by atoms with van der Waals surface area (Å²) >= 11 is 0. The zero-order chi connectivity index (χ0) is 22.3. The Labute approximate surface area is 181 Å². The maximum absolute atomic E-state index is 12.3. The SMILES string of the molecule is Cc1ccc(N2CCN(c3ccc(N4C(=O)C[C@@H](C)C4=O)cc3[N+](=O)[O-])C[C@H]2C)cc1. The predicted octanol–water partition coefficient (Wildman–Crippen LogP) is 3.52. The molecule has 2 fully saturated rings. The Hall–Kier alpha value is -3.42. The number of anilines is 3. The van der Waals surface area contributed by atoms with E-state index in [2.05, 4.69) is 43.0 Å². The number of imide groups is 1. The average Bonchev–Trinajstić information content (AvgIpc) is 2.99. The van der Waals surface area contributed by atoms with Crippen molar-refractivity contribution in [3.05, 3.63) is 58.1 Å². The van der Waals surface area contributed by atoms with E-state index >= 15 is 0 Å². The van der Waals surface area contributed by atoms with Crippen LogP contribution in [0, 0.1) is 23.0 Å². The molecule has 2 amide bonds. The lowest BCUT2D eigenvalue weighted by molar-refractivity contribution is -0.384. The molecule has 2 heterocycles. The molecule has 0 saturated carbocycles. The van der Waals surface area contributed by atoms with E-state index in [1.165, 1.54) is 11.6 Å². The lowest BCUT2D eigenvalue weighted by Crippen LogP contribution is -2.52. The molecule has 2 atom stereocenters. The number of piperazine rings is 1. The van der Waals surface area contributed by atoms with Gasteiger partial charge in [-0.05, 0) is 38.1 Å². The number of nitro benzene ring substituents is 1. The molecule has 8 nitrogen and oxygen atoms in total. The van der Waals surface area contributed by atoms with Crippen molar-refractivity contribution in [2.75, 3.05) is 34.3 Å². The first-order chi connectivity index (χ1) is 14.8. The van der Waals surface area contributed by atoms with Gasteiger partial charge in [-0.1, -0.05) is 24.6 Å². The van der Waals surface area contributed by atoms with Gasteiger partial charge in [-0.25, -0.2) is 0 Å². The maximum Gasteiger partial charge on any atom is 0.294 e. The van der Waals surface area contributed by atoms with Crippen LogP contribution in [0.3, 0.4) is 0 Å². The molecule has 2 saturated heterocycles. The Balaban J connectivity index is 1.58. The minimum atomic E-state index is -0.440.